The normalized spacial score (nSPS) is 15.2. The number of carbonyl (C=O) groups excluding carboxylic acids is 1. The van der Waals surface area contributed by atoms with E-state index in [-0.39, 0.29) is 22.5 Å². The van der Waals surface area contributed by atoms with Crippen LogP contribution in [0.1, 0.15) is 18.4 Å². The number of amides is 1. The van der Waals surface area contributed by atoms with Crippen molar-refractivity contribution in [3.63, 3.8) is 0 Å². The molecule has 0 atom stereocenters. The van der Waals surface area contributed by atoms with E-state index in [1.54, 1.807) is 48.5 Å². The van der Waals surface area contributed by atoms with Crippen molar-refractivity contribution in [1.82, 2.24) is 4.90 Å². The molecule has 0 aromatic heterocycles. The molecule has 1 fully saturated rings. The van der Waals surface area contributed by atoms with Gasteiger partial charge >= 0.3 is 0 Å². The molecule has 0 aliphatic carbocycles. The highest BCUT2D eigenvalue weighted by Crippen LogP contribution is 2.22. The lowest BCUT2D eigenvalue weighted by atomic mass is 9.95. The fourth-order valence-corrected chi connectivity index (χ4v) is 4.94. The summed E-state index contributed by atoms with van der Waals surface area (Å²) in [6.45, 7) is 2.32. The van der Waals surface area contributed by atoms with Crippen LogP contribution in [0.4, 0.5) is 15.8 Å². The van der Waals surface area contributed by atoms with Crippen molar-refractivity contribution in [2.24, 2.45) is 5.92 Å². The summed E-state index contributed by atoms with van der Waals surface area (Å²) >= 11 is 0. The van der Waals surface area contributed by atoms with Crippen LogP contribution in [-0.2, 0) is 21.4 Å². The first-order valence-corrected chi connectivity index (χ1v) is 12.3. The molecule has 0 unspecified atom stereocenters. The Kier molecular flexibility index (Phi) is 7.05. The van der Waals surface area contributed by atoms with Gasteiger partial charge in [0.15, 0.2) is 0 Å². The zero-order valence-electron chi connectivity index (χ0n) is 18.1. The molecule has 1 aliphatic rings. The quantitative estimate of drug-likeness (QED) is 0.537. The molecule has 1 heterocycles. The molecule has 0 radical (unpaired) electrons. The van der Waals surface area contributed by atoms with E-state index in [9.17, 15) is 17.6 Å². The molecule has 0 bridgehead atoms. The van der Waals surface area contributed by atoms with Crippen molar-refractivity contribution >= 4 is 27.3 Å². The number of likely N-dealkylation sites (tertiary alicyclic amines) is 1. The van der Waals surface area contributed by atoms with E-state index < -0.39 is 10.0 Å². The minimum atomic E-state index is -3.70. The van der Waals surface area contributed by atoms with Gasteiger partial charge in [-0.1, -0.05) is 30.3 Å². The molecule has 1 amide bonds. The van der Waals surface area contributed by atoms with Crippen molar-refractivity contribution in [2.75, 3.05) is 23.1 Å². The van der Waals surface area contributed by atoms with E-state index in [4.69, 9.17) is 0 Å². The average molecular weight is 468 g/mol. The van der Waals surface area contributed by atoms with E-state index in [0.29, 0.717) is 11.4 Å². The Hall–Kier alpha value is -3.23. The minimum absolute atomic E-state index is 0.0607. The van der Waals surface area contributed by atoms with Gasteiger partial charge in [0.25, 0.3) is 10.0 Å². The zero-order chi connectivity index (χ0) is 23.3. The van der Waals surface area contributed by atoms with Crippen LogP contribution < -0.4 is 10.0 Å². The predicted molar refractivity (Wildman–Crippen MR) is 127 cm³/mol. The second-order valence-electron chi connectivity index (χ2n) is 8.16. The molecule has 0 saturated carbocycles. The number of hydrogen-bond donors (Lipinski definition) is 2. The van der Waals surface area contributed by atoms with Crippen LogP contribution in [0.3, 0.4) is 0 Å². The van der Waals surface area contributed by atoms with Gasteiger partial charge in [0.05, 0.1) is 4.90 Å². The molecular formula is C25H26FN3O3S. The SMILES string of the molecule is O=C(Nc1ccc(S(=O)(=O)Nc2ccccc2)cc1)C1CCN(Cc2ccc(F)cc2)CC1. The number of para-hydroxylation sites is 1. The van der Waals surface area contributed by atoms with Crippen molar-refractivity contribution in [3.8, 4) is 0 Å². The Morgan fingerprint density at radius 3 is 2.15 bits per heavy atom. The van der Waals surface area contributed by atoms with Crippen molar-refractivity contribution in [3.05, 3.63) is 90.2 Å². The van der Waals surface area contributed by atoms with Gasteiger partial charge in [-0.15, -0.1) is 0 Å². The second-order valence-corrected chi connectivity index (χ2v) is 9.84. The van der Waals surface area contributed by atoms with Crippen LogP contribution in [0.25, 0.3) is 0 Å². The predicted octanol–water partition coefficient (Wildman–Crippen LogP) is 4.48. The standard InChI is InChI=1S/C25H26FN3O3S/c26-21-8-6-19(7-9-21)18-29-16-14-20(15-17-29)25(30)27-22-10-12-24(13-11-22)33(31,32)28-23-4-2-1-3-5-23/h1-13,20,28H,14-18H2,(H,27,30). The second kappa shape index (κ2) is 10.1. The summed E-state index contributed by atoms with van der Waals surface area (Å²) in [4.78, 5) is 15.1. The Bertz CT molecular complexity index is 1180. The molecule has 1 aliphatic heterocycles. The number of sulfonamides is 1. The molecular weight excluding hydrogens is 441 g/mol. The van der Waals surface area contributed by atoms with Crippen molar-refractivity contribution in [1.29, 1.82) is 0 Å². The number of carbonyl (C=O) groups is 1. The Morgan fingerprint density at radius 2 is 1.52 bits per heavy atom. The fraction of sp³-hybridized carbons (Fsp3) is 0.240. The fourth-order valence-electron chi connectivity index (χ4n) is 3.88. The summed E-state index contributed by atoms with van der Waals surface area (Å²) in [5.41, 5.74) is 2.10. The van der Waals surface area contributed by atoms with Crippen molar-refractivity contribution in [2.45, 2.75) is 24.3 Å². The minimum Gasteiger partial charge on any atom is -0.326 e. The third-order valence-electron chi connectivity index (χ3n) is 5.74. The van der Waals surface area contributed by atoms with Gasteiger partial charge in [0.2, 0.25) is 5.91 Å². The van der Waals surface area contributed by atoms with Crippen LogP contribution in [0.2, 0.25) is 0 Å². The highest BCUT2D eigenvalue weighted by molar-refractivity contribution is 7.92. The van der Waals surface area contributed by atoms with Gasteiger partial charge in [-0.25, -0.2) is 12.8 Å². The van der Waals surface area contributed by atoms with Gasteiger partial charge in [0, 0.05) is 23.8 Å². The molecule has 3 aromatic carbocycles. The summed E-state index contributed by atoms with van der Waals surface area (Å²) in [5.74, 6) is -0.403. The first-order valence-electron chi connectivity index (χ1n) is 10.8. The maximum Gasteiger partial charge on any atom is 0.261 e. The van der Waals surface area contributed by atoms with Crippen LogP contribution in [-0.4, -0.2) is 32.3 Å². The highest BCUT2D eigenvalue weighted by Gasteiger charge is 2.25. The van der Waals surface area contributed by atoms with E-state index in [2.05, 4.69) is 14.9 Å². The lowest BCUT2D eigenvalue weighted by molar-refractivity contribution is -0.121. The Morgan fingerprint density at radius 1 is 0.879 bits per heavy atom. The monoisotopic (exact) mass is 467 g/mol. The largest absolute Gasteiger partial charge is 0.326 e. The summed E-state index contributed by atoms with van der Waals surface area (Å²) in [7, 11) is -3.70. The molecule has 0 spiro atoms. The smallest absolute Gasteiger partial charge is 0.261 e. The number of anilines is 2. The number of benzene rings is 3. The molecule has 1 saturated heterocycles. The van der Waals surface area contributed by atoms with Gasteiger partial charge in [-0.2, -0.15) is 0 Å². The van der Waals surface area contributed by atoms with Gasteiger partial charge < -0.3 is 5.32 Å². The maximum atomic E-state index is 13.1. The van der Waals surface area contributed by atoms with Crippen LogP contribution in [0, 0.1) is 11.7 Å². The molecule has 2 N–H and O–H groups in total. The van der Waals surface area contributed by atoms with Gasteiger partial charge in [-0.3, -0.25) is 14.4 Å². The van der Waals surface area contributed by atoms with E-state index in [0.717, 1.165) is 38.0 Å². The van der Waals surface area contributed by atoms with Gasteiger partial charge in [0.1, 0.15) is 5.82 Å². The third kappa shape index (κ3) is 6.18. The summed E-state index contributed by atoms with van der Waals surface area (Å²) in [6.07, 6.45) is 1.47. The number of nitrogens with zero attached hydrogens (tertiary/aromatic N) is 1. The van der Waals surface area contributed by atoms with Crippen LogP contribution in [0.15, 0.2) is 83.8 Å². The molecule has 33 heavy (non-hydrogen) atoms. The van der Waals surface area contributed by atoms with E-state index in [1.807, 2.05) is 6.07 Å². The van der Waals surface area contributed by atoms with E-state index in [1.165, 1.54) is 24.3 Å². The molecule has 8 heteroatoms. The highest BCUT2D eigenvalue weighted by atomic mass is 32.2. The van der Waals surface area contributed by atoms with Crippen LogP contribution in [0.5, 0.6) is 0 Å². The summed E-state index contributed by atoms with van der Waals surface area (Å²) in [5, 5.41) is 2.90. The first kappa shape index (κ1) is 22.9. The lowest BCUT2D eigenvalue weighted by Gasteiger charge is -2.31. The number of rotatable bonds is 7. The maximum absolute atomic E-state index is 13.1. The summed E-state index contributed by atoms with van der Waals surface area (Å²) in [6, 6.07) is 21.3. The van der Waals surface area contributed by atoms with Gasteiger partial charge in [-0.05, 0) is 80.0 Å². The number of halogens is 1. The Labute approximate surface area is 193 Å². The topological polar surface area (TPSA) is 78.5 Å². The average Bonchev–Trinajstić information content (AvgIpc) is 2.82. The van der Waals surface area contributed by atoms with Crippen molar-refractivity contribution < 1.29 is 17.6 Å². The number of piperidine rings is 1. The first-order chi connectivity index (χ1) is 15.9. The number of hydrogen-bond acceptors (Lipinski definition) is 4. The zero-order valence-corrected chi connectivity index (χ0v) is 18.9. The van der Waals surface area contributed by atoms with E-state index >= 15 is 0 Å². The number of nitrogens with one attached hydrogen (secondary N) is 2. The molecule has 4 rings (SSSR count). The molecule has 172 valence electrons. The lowest BCUT2D eigenvalue weighted by Crippen LogP contribution is -2.37. The Balaban J connectivity index is 1.28. The summed E-state index contributed by atoms with van der Waals surface area (Å²) < 4.78 is 40.7. The third-order valence-corrected chi connectivity index (χ3v) is 7.13. The molecule has 3 aromatic rings. The van der Waals surface area contributed by atoms with Crippen LogP contribution >= 0.6 is 0 Å². The molecule has 6 nitrogen and oxygen atoms in total.